The van der Waals surface area contributed by atoms with Crippen molar-refractivity contribution in [2.75, 3.05) is 0 Å². The second kappa shape index (κ2) is 8.67. The summed E-state index contributed by atoms with van der Waals surface area (Å²) in [6, 6.07) is 19.4. The average molecular weight is 387 g/mol. The summed E-state index contributed by atoms with van der Waals surface area (Å²) in [5.41, 5.74) is 2.43. The zero-order chi connectivity index (χ0) is 20.8. The predicted octanol–water partition coefficient (Wildman–Crippen LogP) is 2.34. The molecule has 0 fully saturated rings. The van der Waals surface area contributed by atoms with Gasteiger partial charge < -0.3 is 15.4 Å². The number of nitriles is 1. The topological polar surface area (TPSA) is 123 Å². The van der Waals surface area contributed by atoms with E-state index < -0.39 is 23.5 Å². The van der Waals surface area contributed by atoms with E-state index >= 15 is 0 Å². The molecule has 0 aliphatic heterocycles. The van der Waals surface area contributed by atoms with Gasteiger partial charge in [-0.3, -0.25) is 9.59 Å². The molecule has 0 saturated heterocycles. The second-order valence-corrected chi connectivity index (χ2v) is 6.35. The van der Waals surface area contributed by atoms with Crippen LogP contribution >= 0.6 is 0 Å². The molecule has 1 unspecified atom stereocenters. The van der Waals surface area contributed by atoms with E-state index in [0.29, 0.717) is 11.1 Å². The van der Waals surface area contributed by atoms with Crippen molar-refractivity contribution in [1.82, 2.24) is 10.3 Å². The Kier molecular flexibility index (Phi) is 5.85. The number of aromatic nitrogens is 1. The molecular weight excluding hydrogens is 370 g/mol. The van der Waals surface area contributed by atoms with Crippen molar-refractivity contribution >= 4 is 11.9 Å². The maximum absolute atomic E-state index is 12.2. The van der Waals surface area contributed by atoms with E-state index in [4.69, 9.17) is 0 Å². The highest BCUT2D eigenvalue weighted by atomic mass is 16.4. The summed E-state index contributed by atoms with van der Waals surface area (Å²) in [5.74, 6) is -1.86. The van der Waals surface area contributed by atoms with Crippen LogP contribution in [0.15, 0.2) is 71.5 Å². The van der Waals surface area contributed by atoms with Crippen molar-refractivity contribution in [2.24, 2.45) is 0 Å². The highest BCUT2D eigenvalue weighted by Crippen LogP contribution is 2.23. The van der Waals surface area contributed by atoms with Crippen molar-refractivity contribution in [3.8, 4) is 17.2 Å². The smallest absolute Gasteiger partial charge is 0.326 e. The van der Waals surface area contributed by atoms with Crippen LogP contribution < -0.4 is 10.9 Å². The third kappa shape index (κ3) is 4.76. The van der Waals surface area contributed by atoms with Crippen LogP contribution in [0.25, 0.3) is 11.1 Å². The number of aromatic amines is 1. The maximum Gasteiger partial charge on any atom is 0.326 e. The van der Waals surface area contributed by atoms with Crippen LogP contribution in [0.4, 0.5) is 0 Å². The lowest BCUT2D eigenvalue weighted by Crippen LogP contribution is -2.42. The number of H-pyrrole nitrogens is 1. The van der Waals surface area contributed by atoms with Gasteiger partial charge in [0.2, 0.25) is 5.56 Å². The number of hydrogen-bond acceptors (Lipinski definition) is 4. The van der Waals surface area contributed by atoms with E-state index in [-0.39, 0.29) is 12.1 Å². The van der Waals surface area contributed by atoms with Crippen LogP contribution in [0.1, 0.15) is 21.6 Å². The van der Waals surface area contributed by atoms with Crippen LogP contribution in [0.3, 0.4) is 0 Å². The first-order chi connectivity index (χ1) is 14.0. The molecule has 0 saturated carbocycles. The zero-order valence-electron chi connectivity index (χ0n) is 15.3. The van der Waals surface area contributed by atoms with Gasteiger partial charge in [-0.2, -0.15) is 5.26 Å². The lowest BCUT2D eigenvalue weighted by Gasteiger charge is -2.15. The van der Waals surface area contributed by atoms with Gasteiger partial charge in [0, 0.05) is 12.5 Å². The molecule has 0 bridgehead atoms. The molecule has 0 spiro atoms. The van der Waals surface area contributed by atoms with Crippen molar-refractivity contribution < 1.29 is 14.7 Å². The van der Waals surface area contributed by atoms with Crippen LogP contribution in [0.5, 0.6) is 0 Å². The van der Waals surface area contributed by atoms with Gasteiger partial charge in [-0.05, 0) is 28.8 Å². The molecule has 3 rings (SSSR count). The molecule has 29 heavy (non-hydrogen) atoms. The molecule has 2 aromatic carbocycles. The van der Waals surface area contributed by atoms with Gasteiger partial charge in [-0.1, -0.05) is 48.5 Å². The van der Waals surface area contributed by atoms with Crippen LogP contribution in [0.2, 0.25) is 0 Å². The molecule has 7 heteroatoms. The van der Waals surface area contributed by atoms with Gasteiger partial charge in [0.25, 0.3) is 5.91 Å². The molecule has 7 nitrogen and oxygen atoms in total. The highest BCUT2D eigenvalue weighted by Gasteiger charge is 2.21. The molecule has 1 atom stereocenters. The third-order valence-electron chi connectivity index (χ3n) is 4.37. The minimum absolute atomic E-state index is 0.00721. The van der Waals surface area contributed by atoms with Crippen molar-refractivity contribution in [2.45, 2.75) is 12.5 Å². The monoisotopic (exact) mass is 387 g/mol. The number of nitrogens with zero attached hydrogens (tertiary/aromatic N) is 1. The lowest BCUT2D eigenvalue weighted by atomic mass is 9.97. The number of carboxylic acids is 1. The number of amides is 1. The standard InChI is InChI=1S/C22H17N3O4/c23-13-16-4-1-2-5-17(16)15-10-8-14(9-11-15)12-19(22(28)29)25-21(27)18-6-3-7-20(26)24-18/h1-11,19H,12H2,(H,24,26)(H,25,27)(H,28,29). The van der Waals surface area contributed by atoms with Gasteiger partial charge in [0.1, 0.15) is 11.7 Å². The Labute approximate surface area is 166 Å². The summed E-state index contributed by atoms with van der Waals surface area (Å²) in [6.07, 6.45) is 0.0678. The fourth-order valence-corrected chi connectivity index (χ4v) is 2.90. The van der Waals surface area contributed by atoms with Gasteiger partial charge in [-0.15, -0.1) is 0 Å². The Bertz CT molecular complexity index is 1140. The summed E-state index contributed by atoms with van der Waals surface area (Å²) >= 11 is 0. The Balaban J connectivity index is 1.76. The fraction of sp³-hybridized carbons (Fsp3) is 0.0909. The van der Waals surface area contributed by atoms with E-state index in [1.807, 2.05) is 12.1 Å². The lowest BCUT2D eigenvalue weighted by molar-refractivity contribution is -0.139. The zero-order valence-corrected chi connectivity index (χ0v) is 15.3. The normalized spacial score (nSPS) is 11.3. The minimum Gasteiger partial charge on any atom is -0.480 e. The maximum atomic E-state index is 12.2. The quantitative estimate of drug-likeness (QED) is 0.599. The van der Waals surface area contributed by atoms with Crippen molar-refractivity contribution in [3.05, 3.63) is 93.9 Å². The number of pyridine rings is 1. The van der Waals surface area contributed by atoms with Crippen LogP contribution in [-0.4, -0.2) is 28.0 Å². The number of aliphatic carboxylic acids is 1. The van der Waals surface area contributed by atoms with Crippen molar-refractivity contribution in [1.29, 1.82) is 5.26 Å². The average Bonchev–Trinajstić information content (AvgIpc) is 2.73. The van der Waals surface area contributed by atoms with Gasteiger partial charge in [0.05, 0.1) is 11.6 Å². The first-order valence-electron chi connectivity index (χ1n) is 8.79. The third-order valence-corrected chi connectivity index (χ3v) is 4.37. The van der Waals surface area contributed by atoms with E-state index in [0.717, 1.165) is 11.1 Å². The second-order valence-electron chi connectivity index (χ2n) is 6.35. The molecule has 144 valence electrons. The van der Waals surface area contributed by atoms with E-state index in [2.05, 4.69) is 16.4 Å². The van der Waals surface area contributed by atoms with E-state index in [9.17, 15) is 24.8 Å². The highest BCUT2D eigenvalue weighted by molar-refractivity contribution is 5.94. The largest absolute Gasteiger partial charge is 0.480 e. The number of hydrogen-bond donors (Lipinski definition) is 3. The van der Waals surface area contributed by atoms with E-state index in [1.54, 1.807) is 36.4 Å². The Morgan fingerprint density at radius 2 is 1.76 bits per heavy atom. The fourth-order valence-electron chi connectivity index (χ4n) is 2.90. The predicted molar refractivity (Wildman–Crippen MR) is 106 cm³/mol. The van der Waals surface area contributed by atoms with Crippen LogP contribution in [-0.2, 0) is 11.2 Å². The van der Waals surface area contributed by atoms with Crippen LogP contribution in [0, 0.1) is 11.3 Å². The Morgan fingerprint density at radius 3 is 2.41 bits per heavy atom. The molecule has 1 heterocycles. The first kappa shape index (κ1) is 19.6. The number of nitrogens with one attached hydrogen (secondary N) is 2. The summed E-state index contributed by atoms with van der Waals surface area (Å²) in [7, 11) is 0. The summed E-state index contributed by atoms with van der Waals surface area (Å²) in [6.45, 7) is 0. The van der Waals surface area contributed by atoms with Gasteiger partial charge in [0.15, 0.2) is 0 Å². The molecule has 0 aliphatic carbocycles. The van der Waals surface area contributed by atoms with Gasteiger partial charge >= 0.3 is 5.97 Å². The number of carboxylic acid groups (broad SMARTS) is 1. The molecular formula is C22H17N3O4. The SMILES string of the molecule is N#Cc1ccccc1-c1ccc(CC(NC(=O)c2cccc(=O)[nH]2)C(=O)O)cc1. The summed E-state index contributed by atoms with van der Waals surface area (Å²) < 4.78 is 0. The molecule has 1 amide bonds. The molecule has 0 aliphatic rings. The number of benzene rings is 2. The number of rotatable bonds is 6. The van der Waals surface area contributed by atoms with E-state index in [1.165, 1.54) is 18.2 Å². The molecule has 3 aromatic rings. The van der Waals surface area contributed by atoms with Gasteiger partial charge in [-0.25, -0.2) is 4.79 Å². The number of carbonyl (C=O) groups is 2. The first-order valence-corrected chi connectivity index (χ1v) is 8.79. The molecule has 1 aromatic heterocycles. The molecule has 3 N–H and O–H groups in total. The number of carbonyl (C=O) groups excluding carboxylic acids is 1. The Hall–Kier alpha value is -4.18. The van der Waals surface area contributed by atoms with Crippen molar-refractivity contribution in [3.63, 3.8) is 0 Å². The summed E-state index contributed by atoms with van der Waals surface area (Å²) in [5, 5.41) is 21.1. The molecule has 0 radical (unpaired) electrons. The Morgan fingerprint density at radius 1 is 1.03 bits per heavy atom. The minimum atomic E-state index is -1.18. The summed E-state index contributed by atoms with van der Waals surface area (Å²) in [4.78, 5) is 37.5.